The van der Waals surface area contributed by atoms with Gasteiger partial charge < -0.3 is 20.7 Å². The molecule has 0 radical (unpaired) electrons. The molecule has 154 valence electrons. The zero-order chi connectivity index (χ0) is 19.0. The molecule has 0 bridgehead atoms. The van der Waals surface area contributed by atoms with Crippen LogP contribution in [0.1, 0.15) is 55.5 Å². The Labute approximate surface area is 181 Å². The second-order valence-electron chi connectivity index (χ2n) is 6.13. The van der Waals surface area contributed by atoms with Crippen molar-refractivity contribution < 1.29 is 9.53 Å². The van der Waals surface area contributed by atoms with Crippen LogP contribution in [-0.2, 0) is 11.3 Å². The molecule has 0 aliphatic rings. The van der Waals surface area contributed by atoms with Gasteiger partial charge in [-0.05, 0) is 37.0 Å². The molecule has 1 amide bonds. The molecule has 6 nitrogen and oxygen atoms in total. The monoisotopic (exact) mass is 490 g/mol. The van der Waals surface area contributed by atoms with Gasteiger partial charge in [0.05, 0.1) is 0 Å². The Morgan fingerprint density at radius 3 is 2.52 bits per heavy atom. The fourth-order valence-electron chi connectivity index (χ4n) is 2.30. The smallest absolute Gasteiger partial charge is 0.251 e. The number of rotatable bonds is 12. The number of aliphatic imine (C=N–C) groups is 1. The third-order valence-electron chi connectivity index (χ3n) is 3.81. The molecule has 0 heterocycles. The van der Waals surface area contributed by atoms with Gasteiger partial charge in [-0.25, -0.2) is 0 Å². The number of carbonyl (C=O) groups excluding carboxylic acids is 1. The Morgan fingerprint density at radius 2 is 1.81 bits per heavy atom. The molecule has 1 aromatic rings. The lowest BCUT2D eigenvalue weighted by Gasteiger charge is -2.12. The molecule has 1 aromatic carbocycles. The highest BCUT2D eigenvalue weighted by Gasteiger charge is 2.05. The van der Waals surface area contributed by atoms with E-state index in [1.807, 2.05) is 31.2 Å². The number of benzene rings is 1. The van der Waals surface area contributed by atoms with Crippen LogP contribution >= 0.6 is 24.0 Å². The van der Waals surface area contributed by atoms with Gasteiger partial charge in [-0.3, -0.25) is 9.79 Å². The predicted molar refractivity (Wildman–Crippen MR) is 123 cm³/mol. The molecule has 0 aliphatic carbocycles. The molecule has 0 unspecified atom stereocenters. The highest BCUT2D eigenvalue weighted by atomic mass is 127. The zero-order valence-corrected chi connectivity index (χ0v) is 19.2. The number of nitrogens with zero attached hydrogens (tertiary/aromatic N) is 1. The van der Waals surface area contributed by atoms with Crippen molar-refractivity contribution in [3.8, 4) is 0 Å². The van der Waals surface area contributed by atoms with Crippen molar-refractivity contribution >= 4 is 35.8 Å². The van der Waals surface area contributed by atoms with Gasteiger partial charge in [-0.1, -0.05) is 32.4 Å². The van der Waals surface area contributed by atoms with Crippen LogP contribution in [0.15, 0.2) is 29.3 Å². The number of hydrogen-bond donors (Lipinski definition) is 3. The predicted octanol–water partition coefficient (Wildman–Crippen LogP) is 3.32. The van der Waals surface area contributed by atoms with Crippen LogP contribution in [0.25, 0.3) is 0 Å². The van der Waals surface area contributed by atoms with Crippen molar-refractivity contribution in [2.75, 3.05) is 33.4 Å². The van der Waals surface area contributed by atoms with Crippen molar-refractivity contribution in [1.82, 2.24) is 16.0 Å². The topological polar surface area (TPSA) is 74.8 Å². The molecule has 0 fully saturated rings. The summed E-state index contributed by atoms with van der Waals surface area (Å²) in [6.07, 6.45) is 4.15. The maximum absolute atomic E-state index is 12.0. The van der Waals surface area contributed by atoms with E-state index in [0.717, 1.165) is 57.0 Å². The SMILES string of the molecule is CCCCOCCCNC(=NC)NCc1cccc(C(=O)NCCC)c1.I. The highest BCUT2D eigenvalue weighted by Crippen LogP contribution is 2.05. The number of halogens is 1. The summed E-state index contributed by atoms with van der Waals surface area (Å²) >= 11 is 0. The Balaban J connectivity index is 0.00000676. The first-order chi connectivity index (χ1) is 12.7. The van der Waals surface area contributed by atoms with Gasteiger partial charge in [0.2, 0.25) is 0 Å². The summed E-state index contributed by atoms with van der Waals surface area (Å²) < 4.78 is 5.54. The molecule has 0 aliphatic heterocycles. The fourth-order valence-corrected chi connectivity index (χ4v) is 2.30. The summed E-state index contributed by atoms with van der Waals surface area (Å²) in [6, 6.07) is 7.65. The van der Waals surface area contributed by atoms with Crippen molar-refractivity contribution in [3.05, 3.63) is 35.4 Å². The van der Waals surface area contributed by atoms with Crippen LogP contribution in [0.2, 0.25) is 0 Å². The average molecular weight is 490 g/mol. The average Bonchev–Trinajstić information content (AvgIpc) is 2.67. The number of amides is 1. The number of ether oxygens (including phenoxy) is 1. The summed E-state index contributed by atoms with van der Waals surface area (Å²) in [7, 11) is 1.75. The van der Waals surface area contributed by atoms with Crippen molar-refractivity contribution in [2.24, 2.45) is 4.99 Å². The quantitative estimate of drug-likeness (QED) is 0.182. The van der Waals surface area contributed by atoms with Crippen LogP contribution in [0.3, 0.4) is 0 Å². The van der Waals surface area contributed by atoms with Crippen molar-refractivity contribution in [1.29, 1.82) is 0 Å². The zero-order valence-electron chi connectivity index (χ0n) is 16.8. The minimum Gasteiger partial charge on any atom is -0.381 e. The Hall–Kier alpha value is -1.35. The standard InChI is InChI=1S/C20H34N4O2.HI/c1-4-6-13-26-14-8-12-23-20(21-3)24-16-17-9-7-10-18(15-17)19(25)22-11-5-2;/h7,9-10,15H,4-6,8,11-14,16H2,1-3H3,(H,22,25)(H2,21,23,24);1H. The van der Waals surface area contributed by atoms with Crippen LogP contribution in [0, 0.1) is 0 Å². The van der Waals surface area contributed by atoms with Crippen LogP contribution in [0.4, 0.5) is 0 Å². The van der Waals surface area contributed by atoms with Crippen molar-refractivity contribution in [2.45, 2.75) is 46.1 Å². The van der Waals surface area contributed by atoms with E-state index in [1.165, 1.54) is 0 Å². The van der Waals surface area contributed by atoms with Gasteiger partial charge in [0.1, 0.15) is 0 Å². The summed E-state index contributed by atoms with van der Waals surface area (Å²) in [4.78, 5) is 16.3. The minimum atomic E-state index is -0.0284. The summed E-state index contributed by atoms with van der Waals surface area (Å²) in [5, 5.41) is 9.45. The van der Waals surface area contributed by atoms with Gasteiger partial charge in [-0.15, -0.1) is 24.0 Å². The third-order valence-corrected chi connectivity index (χ3v) is 3.81. The van der Waals surface area contributed by atoms with E-state index in [9.17, 15) is 4.79 Å². The molecule has 7 heteroatoms. The maximum atomic E-state index is 12.0. The summed E-state index contributed by atoms with van der Waals surface area (Å²) in [5.41, 5.74) is 1.73. The van der Waals surface area contributed by atoms with Gasteiger partial charge in [0.25, 0.3) is 5.91 Å². The Bertz CT molecular complexity index is 553. The first kappa shape index (κ1) is 25.6. The first-order valence-electron chi connectivity index (χ1n) is 9.60. The van der Waals surface area contributed by atoms with E-state index in [0.29, 0.717) is 18.7 Å². The molecule has 1 rings (SSSR count). The van der Waals surface area contributed by atoms with Gasteiger partial charge >= 0.3 is 0 Å². The first-order valence-corrected chi connectivity index (χ1v) is 9.60. The third kappa shape index (κ3) is 11.9. The molecule has 0 saturated heterocycles. The Morgan fingerprint density at radius 1 is 1.04 bits per heavy atom. The van der Waals surface area contributed by atoms with Crippen molar-refractivity contribution in [3.63, 3.8) is 0 Å². The molecule has 0 aromatic heterocycles. The van der Waals surface area contributed by atoms with Crippen LogP contribution in [-0.4, -0.2) is 45.2 Å². The van der Waals surface area contributed by atoms with E-state index >= 15 is 0 Å². The van der Waals surface area contributed by atoms with Crippen LogP contribution in [0.5, 0.6) is 0 Å². The summed E-state index contributed by atoms with van der Waals surface area (Å²) in [5.74, 6) is 0.721. The lowest BCUT2D eigenvalue weighted by Crippen LogP contribution is -2.37. The summed E-state index contributed by atoms with van der Waals surface area (Å²) in [6.45, 7) is 7.92. The van der Waals surface area contributed by atoms with Gasteiger partial charge in [-0.2, -0.15) is 0 Å². The van der Waals surface area contributed by atoms with Crippen LogP contribution < -0.4 is 16.0 Å². The lowest BCUT2D eigenvalue weighted by atomic mass is 10.1. The van der Waals surface area contributed by atoms with Gasteiger partial charge in [0.15, 0.2) is 5.96 Å². The number of guanidine groups is 1. The Kier molecular flexibility index (Phi) is 16.0. The number of hydrogen-bond acceptors (Lipinski definition) is 3. The number of carbonyl (C=O) groups is 1. The largest absolute Gasteiger partial charge is 0.381 e. The number of unbranched alkanes of at least 4 members (excludes halogenated alkanes) is 1. The van der Waals surface area contributed by atoms with E-state index in [1.54, 1.807) is 7.05 Å². The molecule has 0 saturated carbocycles. The molecular formula is C20H35IN4O2. The minimum absolute atomic E-state index is 0. The highest BCUT2D eigenvalue weighted by molar-refractivity contribution is 14.0. The van der Waals surface area contributed by atoms with Gasteiger partial charge in [0, 0.05) is 45.5 Å². The second kappa shape index (κ2) is 16.8. The fraction of sp³-hybridized carbons (Fsp3) is 0.600. The van der Waals surface area contributed by atoms with E-state index in [4.69, 9.17) is 4.74 Å². The maximum Gasteiger partial charge on any atom is 0.251 e. The van der Waals surface area contributed by atoms with E-state index in [2.05, 4.69) is 27.9 Å². The second-order valence-corrected chi connectivity index (χ2v) is 6.13. The molecule has 0 atom stereocenters. The van der Waals surface area contributed by atoms with E-state index in [-0.39, 0.29) is 29.9 Å². The normalized spacial score (nSPS) is 10.9. The molecular weight excluding hydrogens is 455 g/mol. The molecule has 0 spiro atoms. The molecule has 3 N–H and O–H groups in total. The number of nitrogens with one attached hydrogen (secondary N) is 3. The molecule has 27 heavy (non-hydrogen) atoms. The van der Waals surface area contributed by atoms with E-state index < -0.39 is 0 Å². The lowest BCUT2D eigenvalue weighted by molar-refractivity contribution is 0.0953.